The molecule has 16 heavy (non-hydrogen) atoms. The highest BCUT2D eigenvalue weighted by molar-refractivity contribution is 4.90. The fourth-order valence-corrected chi connectivity index (χ4v) is 3.04. The first-order chi connectivity index (χ1) is 7.85. The molecular weight excluding hydrogens is 204 g/mol. The van der Waals surface area contributed by atoms with Crippen LogP contribution in [0.1, 0.15) is 32.1 Å². The molecule has 2 rings (SSSR count). The van der Waals surface area contributed by atoms with Gasteiger partial charge in [-0.05, 0) is 12.8 Å². The molecule has 3 N–H and O–H groups in total. The number of hydrogen-bond acceptors (Lipinski definition) is 4. The summed E-state index contributed by atoms with van der Waals surface area (Å²) in [6.07, 6.45) is 6.51. The Kier molecular flexibility index (Phi) is 4.58. The molecule has 0 bridgehead atoms. The van der Waals surface area contributed by atoms with Crippen LogP contribution in [-0.2, 0) is 0 Å². The third kappa shape index (κ3) is 2.74. The minimum absolute atomic E-state index is 0.185. The Morgan fingerprint density at radius 3 is 2.44 bits per heavy atom. The summed E-state index contributed by atoms with van der Waals surface area (Å²) in [5, 5.41) is 21.9. The van der Waals surface area contributed by atoms with Crippen molar-refractivity contribution in [1.29, 1.82) is 0 Å². The van der Waals surface area contributed by atoms with Crippen molar-refractivity contribution in [2.45, 2.75) is 50.2 Å². The van der Waals surface area contributed by atoms with Crippen LogP contribution in [0, 0.1) is 0 Å². The summed E-state index contributed by atoms with van der Waals surface area (Å²) < 4.78 is 0. The Bertz CT molecular complexity index is 207. The summed E-state index contributed by atoms with van der Waals surface area (Å²) >= 11 is 0. The molecule has 1 heterocycles. The molecule has 1 aliphatic heterocycles. The standard InChI is InChI=1S/C12H24N2O2/c15-8-10-7-14(12(9-16)6-13-10)11-4-2-1-3-5-11/h10-13,15-16H,1-9H2. The van der Waals surface area contributed by atoms with E-state index in [4.69, 9.17) is 0 Å². The average Bonchev–Trinajstić information content (AvgIpc) is 2.39. The largest absolute Gasteiger partial charge is 0.395 e. The Morgan fingerprint density at radius 2 is 1.81 bits per heavy atom. The Morgan fingerprint density at radius 1 is 1.06 bits per heavy atom. The fourth-order valence-electron chi connectivity index (χ4n) is 3.04. The van der Waals surface area contributed by atoms with E-state index < -0.39 is 0 Å². The second-order valence-corrected chi connectivity index (χ2v) is 5.11. The van der Waals surface area contributed by atoms with Crippen LogP contribution in [0.25, 0.3) is 0 Å². The normalized spacial score (nSPS) is 34.1. The van der Waals surface area contributed by atoms with Crippen molar-refractivity contribution in [2.24, 2.45) is 0 Å². The first kappa shape index (κ1) is 12.3. The average molecular weight is 228 g/mol. The SMILES string of the molecule is OCC1CN(C2CCCCC2)C(CO)CN1. The molecule has 94 valence electrons. The van der Waals surface area contributed by atoms with Crippen molar-refractivity contribution in [3.63, 3.8) is 0 Å². The Hall–Kier alpha value is -0.160. The van der Waals surface area contributed by atoms with Gasteiger partial charge in [0.15, 0.2) is 0 Å². The zero-order chi connectivity index (χ0) is 11.4. The Balaban J connectivity index is 1.95. The van der Waals surface area contributed by atoms with E-state index in [2.05, 4.69) is 10.2 Å². The number of piperazine rings is 1. The van der Waals surface area contributed by atoms with Gasteiger partial charge in [-0.2, -0.15) is 0 Å². The van der Waals surface area contributed by atoms with Crippen molar-refractivity contribution in [1.82, 2.24) is 10.2 Å². The molecule has 4 heteroatoms. The van der Waals surface area contributed by atoms with Gasteiger partial charge in [0.05, 0.1) is 13.2 Å². The van der Waals surface area contributed by atoms with Gasteiger partial charge in [-0.25, -0.2) is 0 Å². The van der Waals surface area contributed by atoms with Gasteiger partial charge < -0.3 is 15.5 Å². The minimum Gasteiger partial charge on any atom is -0.395 e. The fraction of sp³-hybridized carbons (Fsp3) is 1.00. The number of hydrogen-bond donors (Lipinski definition) is 3. The van der Waals surface area contributed by atoms with Gasteiger partial charge in [-0.1, -0.05) is 19.3 Å². The van der Waals surface area contributed by atoms with Crippen molar-refractivity contribution >= 4 is 0 Å². The van der Waals surface area contributed by atoms with Crippen molar-refractivity contribution in [3.8, 4) is 0 Å². The lowest BCUT2D eigenvalue weighted by molar-refractivity contribution is 0.0205. The maximum atomic E-state index is 9.41. The molecule has 0 aromatic rings. The van der Waals surface area contributed by atoms with Crippen molar-refractivity contribution < 1.29 is 10.2 Å². The van der Waals surface area contributed by atoms with E-state index in [1.807, 2.05) is 0 Å². The van der Waals surface area contributed by atoms with Crippen LogP contribution in [0.5, 0.6) is 0 Å². The smallest absolute Gasteiger partial charge is 0.0599 e. The first-order valence-corrected chi connectivity index (χ1v) is 6.56. The summed E-state index contributed by atoms with van der Waals surface area (Å²) in [7, 11) is 0. The van der Waals surface area contributed by atoms with Gasteiger partial charge in [0.25, 0.3) is 0 Å². The van der Waals surface area contributed by atoms with E-state index in [1.54, 1.807) is 0 Å². The molecule has 2 fully saturated rings. The van der Waals surface area contributed by atoms with E-state index in [-0.39, 0.29) is 25.3 Å². The predicted molar refractivity (Wildman–Crippen MR) is 63.3 cm³/mol. The van der Waals surface area contributed by atoms with Gasteiger partial charge in [0.2, 0.25) is 0 Å². The molecule has 2 aliphatic rings. The predicted octanol–water partition coefficient (Wildman–Crippen LogP) is -0.0539. The monoisotopic (exact) mass is 228 g/mol. The third-order valence-corrected chi connectivity index (χ3v) is 4.02. The number of aliphatic hydroxyl groups excluding tert-OH is 2. The van der Waals surface area contributed by atoms with E-state index >= 15 is 0 Å². The van der Waals surface area contributed by atoms with Crippen LogP contribution in [0.2, 0.25) is 0 Å². The molecule has 1 aliphatic carbocycles. The molecule has 1 saturated heterocycles. The maximum absolute atomic E-state index is 9.41. The second-order valence-electron chi connectivity index (χ2n) is 5.11. The van der Waals surface area contributed by atoms with Crippen molar-refractivity contribution in [3.05, 3.63) is 0 Å². The van der Waals surface area contributed by atoms with Gasteiger partial charge in [0, 0.05) is 31.2 Å². The zero-order valence-corrected chi connectivity index (χ0v) is 9.94. The summed E-state index contributed by atoms with van der Waals surface area (Å²) in [5.41, 5.74) is 0. The molecule has 0 radical (unpaired) electrons. The molecule has 0 aromatic carbocycles. The lowest BCUT2D eigenvalue weighted by atomic mass is 9.92. The molecule has 0 spiro atoms. The molecular formula is C12H24N2O2. The van der Waals surface area contributed by atoms with Crippen LogP contribution >= 0.6 is 0 Å². The summed E-state index contributed by atoms with van der Waals surface area (Å²) in [4.78, 5) is 2.43. The Labute approximate surface area is 97.6 Å². The highest BCUT2D eigenvalue weighted by atomic mass is 16.3. The van der Waals surface area contributed by atoms with Crippen LogP contribution < -0.4 is 5.32 Å². The van der Waals surface area contributed by atoms with Gasteiger partial charge in [-0.15, -0.1) is 0 Å². The van der Waals surface area contributed by atoms with E-state index in [0.717, 1.165) is 13.1 Å². The van der Waals surface area contributed by atoms with Crippen LogP contribution in [0.3, 0.4) is 0 Å². The molecule has 1 saturated carbocycles. The lowest BCUT2D eigenvalue weighted by Gasteiger charge is -2.45. The minimum atomic E-state index is 0.185. The number of rotatable bonds is 3. The molecule has 0 aromatic heterocycles. The molecule has 0 amide bonds. The summed E-state index contributed by atoms with van der Waals surface area (Å²) in [6.45, 7) is 2.10. The van der Waals surface area contributed by atoms with Gasteiger partial charge in [-0.3, -0.25) is 4.90 Å². The van der Waals surface area contributed by atoms with Crippen molar-refractivity contribution in [2.75, 3.05) is 26.3 Å². The third-order valence-electron chi connectivity index (χ3n) is 4.02. The van der Waals surface area contributed by atoms with Crippen LogP contribution in [0.4, 0.5) is 0 Å². The number of aliphatic hydroxyl groups is 2. The lowest BCUT2D eigenvalue weighted by Crippen LogP contribution is -2.61. The van der Waals surface area contributed by atoms with Crippen LogP contribution in [0.15, 0.2) is 0 Å². The first-order valence-electron chi connectivity index (χ1n) is 6.56. The van der Waals surface area contributed by atoms with Gasteiger partial charge in [0.1, 0.15) is 0 Å². The molecule has 2 atom stereocenters. The van der Waals surface area contributed by atoms with E-state index in [1.165, 1.54) is 32.1 Å². The highest BCUT2D eigenvalue weighted by Crippen LogP contribution is 2.25. The molecule has 4 nitrogen and oxygen atoms in total. The highest BCUT2D eigenvalue weighted by Gasteiger charge is 2.32. The maximum Gasteiger partial charge on any atom is 0.0599 e. The van der Waals surface area contributed by atoms with Gasteiger partial charge >= 0.3 is 0 Å². The number of nitrogens with one attached hydrogen (secondary N) is 1. The number of nitrogens with zero attached hydrogens (tertiary/aromatic N) is 1. The quantitative estimate of drug-likeness (QED) is 0.634. The molecule has 2 unspecified atom stereocenters. The van der Waals surface area contributed by atoms with E-state index in [0.29, 0.717) is 6.04 Å². The van der Waals surface area contributed by atoms with Crippen LogP contribution in [-0.4, -0.2) is 59.5 Å². The summed E-state index contributed by atoms with van der Waals surface area (Å²) in [5.74, 6) is 0. The zero-order valence-electron chi connectivity index (χ0n) is 9.94. The topological polar surface area (TPSA) is 55.7 Å². The second kappa shape index (κ2) is 5.96. The van der Waals surface area contributed by atoms with E-state index in [9.17, 15) is 10.2 Å². The summed E-state index contributed by atoms with van der Waals surface area (Å²) in [6, 6.07) is 1.05.